The summed E-state index contributed by atoms with van der Waals surface area (Å²) in [5, 5.41) is 17.9. The van der Waals surface area contributed by atoms with Crippen molar-refractivity contribution in [3.05, 3.63) is 54.1 Å². The van der Waals surface area contributed by atoms with Gasteiger partial charge in [0, 0.05) is 11.3 Å². The van der Waals surface area contributed by atoms with Crippen LogP contribution in [0.3, 0.4) is 0 Å². The van der Waals surface area contributed by atoms with E-state index in [2.05, 4.69) is 0 Å². The molecule has 0 bridgehead atoms. The van der Waals surface area contributed by atoms with Gasteiger partial charge in [0.2, 0.25) is 11.8 Å². The quantitative estimate of drug-likeness (QED) is 0.828. The lowest BCUT2D eigenvalue weighted by Gasteiger charge is -2.15. The molecule has 122 valence electrons. The first kappa shape index (κ1) is 16.1. The van der Waals surface area contributed by atoms with E-state index in [-0.39, 0.29) is 23.6 Å². The summed E-state index contributed by atoms with van der Waals surface area (Å²) < 4.78 is 0. The van der Waals surface area contributed by atoms with E-state index in [0.29, 0.717) is 10.6 Å². The molecule has 2 aromatic carbocycles. The van der Waals surface area contributed by atoms with Gasteiger partial charge in [-0.3, -0.25) is 9.59 Å². The first-order valence-corrected chi connectivity index (χ1v) is 8.00. The molecule has 7 heteroatoms. The minimum atomic E-state index is -1.08. The molecule has 1 aliphatic rings. The van der Waals surface area contributed by atoms with Crippen LogP contribution in [-0.4, -0.2) is 33.2 Å². The number of imide groups is 1. The van der Waals surface area contributed by atoms with Gasteiger partial charge in [0.1, 0.15) is 5.75 Å². The number of carbonyl (C=O) groups excluding carboxylic acids is 2. The summed E-state index contributed by atoms with van der Waals surface area (Å²) in [6, 6.07) is 12.2. The molecule has 2 N–H and O–H groups in total. The lowest BCUT2D eigenvalue weighted by atomic mass is 10.2. The van der Waals surface area contributed by atoms with Crippen molar-refractivity contribution in [3.8, 4) is 5.75 Å². The number of phenolic OH excluding ortho intramolecular Hbond substituents is 1. The Morgan fingerprint density at radius 1 is 1.08 bits per heavy atom. The topological polar surface area (TPSA) is 94.9 Å². The van der Waals surface area contributed by atoms with Crippen molar-refractivity contribution in [2.24, 2.45) is 0 Å². The van der Waals surface area contributed by atoms with Crippen LogP contribution >= 0.6 is 11.8 Å². The zero-order valence-electron chi connectivity index (χ0n) is 12.4. The lowest BCUT2D eigenvalue weighted by Crippen LogP contribution is -2.31. The summed E-state index contributed by atoms with van der Waals surface area (Å²) in [5.41, 5.74) is 0.489. The van der Waals surface area contributed by atoms with Gasteiger partial charge in [-0.25, -0.2) is 9.69 Å². The Balaban J connectivity index is 1.85. The zero-order chi connectivity index (χ0) is 17.3. The third-order valence-electron chi connectivity index (χ3n) is 3.60. The van der Waals surface area contributed by atoms with E-state index in [0.717, 1.165) is 16.7 Å². The third-order valence-corrected chi connectivity index (χ3v) is 4.86. The average molecular weight is 343 g/mol. The van der Waals surface area contributed by atoms with E-state index in [9.17, 15) is 24.6 Å². The van der Waals surface area contributed by atoms with E-state index >= 15 is 0 Å². The van der Waals surface area contributed by atoms with Gasteiger partial charge in [0.15, 0.2) is 0 Å². The van der Waals surface area contributed by atoms with Crippen molar-refractivity contribution >= 4 is 35.2 Å². The second kappa shape index (κ2) is 6.37. The van der Waals surface area contributed by atoms with Gasteiger partial charge >= 0.3 is 5.97 Å². The van der Waals surface area contributed by atoms with E-state index in [1.807, 2.05) is 0 Å². The van der Waals surface area contributed by atoms with Gasteiger partial charge in [-0.15, -0.1) is 11.8 Å². The Kier molecular flexibility index (Phi) is 4.26. The van der Waals surface area contributed by atoms with Crippen LogP contribution in [0.1, 0.15) is 16.8 Å². The normalized spacial score (nSPS) is 17.3. The van der Waals surface area contributed by atoms with Gasteiger partial charge < -0.3 is 10.2 Å². The number of aromatic carboxylic acids is 1. The van der Waals surface area contributed by atoms with Crippen molar-refractivity contribution in [1.82, 2.24) is 0 Å². The lowest BCUT2D eigenvalue weighted by molar-refractivity contribution is -0.121. The molecule has 0 unspecified atom stereocenters. The van der Waals surface area contributed by atoms with E-state index in [1.54, 1.807) is 18.2 Å². The number of anilines is 1. The molecule has 24 heavy (non-hydrogen) atoms. The highest BCUT2D eigenvalue weighted by molar-refractivity contribution is 8.00. The molecule has 1 fully saturated rings. The number of rotatable bonds is 4. The summed E-state index contributed by atoms with van der Waals surface area (Å²) in [4.78, 5) is 37.5. The number of nitrogens with zero attached hydrogens (tertiary/aromatic N) is 1. The highest BCUT2D eigenvalue weighted by Crippen LogP contribution is 2.35. The Bertz CT molecular complexity index is 818. The van der Waals surface area contributed by atoms with Gasteiger partial charge in [0.05, 0.1) is 16.5 Å². The molecule has 3 rings (SSSR count). The summed E-state index contributed by atoms with van der Waals surface area (Å²) in [5.74, 6) is -1.78. The number of carbonyl (C=O) groups is 3. The van der Waals surface area contributed by atoms with Crippen LogP contribution in [0.25, 0.3) is 0 Å². The Morgan fingerprint density at radius 2 is 1.75 bits per heavy atom. The van der Waals surface area contributed by atoms with Crippen LogP contribution in [0.15, 0.2) is 53.4 Å². The molecule has 6 nitrogen and oxygen atoms in total. The maximum Gasteiger partial charge on any atom is 0.336 e. The summed E-state index contributed by atoms with van der Waals surface area (Å²) in [6.45, 7) is 0. The van der Waals surface area contributed by atoms with E-state index in [4.69, 9.17) is 0 Å². The molecule has 0 aliphatic carbocycles. The molecule has 2 amide bonds. The van der Waals surface area contributed by atoms with Crippen molar-refractivity contribution in [3.63, 3.8) is 0 Å². The molecule has 0 saturated carbocycles. The fourth-order valence-corrected chi connectivity index (χ4v) is 3.65. The standard InChI is InChI=1S/C17H13NO5S/c19-11-7-5-10(6-8-11)18-15(20)9-14(16(18)21)24-13-4-2-1-3-12(13)17(22)23/h1-8,14,19H,9H2,(H,22,23)/t14-/m0/s1. The number of hydrogen-bond donors (Lipinski definition) is 2. The van der Waals surface area contributed by atoms with E-state index in [1.165, 1.54) is 30.3 Å². The summed E-state index contributed by atoms with van der Waals surface area (Å²) in [7, 11) is 0. The number of phenols is 1. The molecule has 1 saturated heterocycles. The number of carboxylic acid groups (broad SMARTS) is 1. The predicted octanol–water partition coefficient (Wildman–Crippen LogP) is 2.51. The molecule has 1 aliphatic heterocycles. The monoisotopic (exact) mass is 343 g/mol. The number of amides is 2. The highest BCUT2D eigenvalue weighted by Gasteiger charge is 2.40. The molecule has 2 aromatic rings. The summed E-state index contributed by atoms with van der Waals surface area (Å²) >= 11 is 1.08. The Labute approximate surface area is 141 Å². The Morgan fingerprint density at radius 3 is 2.42 bits per heavy atom. The average Bonchev–Trinajstić information content (AvgIpc) is 2.83. The molecular formula is C17H13NO5S. The van der Waals surface area contributed by atoms with Gasteiger partial charge in [-0.1, -0.05) is 12.1 Å². The van der Waals surface area contributed by atoms with Crippen LogP contribution in [0, 0.1) is 0 Å². The van der Waals surface area contributed by atoms with Gasteiger partial charge in [0.25, 0.3) is 0 Å². The summed E-state index contributed by atoms with van der Waals surface area (Å²) in [6.07, 6.45) is -0.00166. The maximum absolute atomic E-state index is 12.6. The maximum atomic E-state index is 12.6. The van der Waals surface area contributed by atoms with Crippen molar-refractivity contribution in [2.45, 2.75) is 16.6 Å². The van der Waals surface area contributed by atoms with Crippen LogP contribution in [0.5, 0.6) is 5.75 Å². The largest absolute Gasteiger partial charge is 0.508 e. The molecule has 0 aromatic heterocycles. The molecule has 0 spiro atoms. The fraction of sp³-hybridized carbons (Fsp3) is 0.118. The number of thioether (sulfide) groups is 1. The molecule has 1 heterocycles. The first-order valence-electron chi connectivity index (χ1n) is 7.12. The Hall–Kier alpha value is -2.80. The van der Waals surface area contributed by atoms with Crippen LogP contribution in [0.2, 0.25) is 0 Å². The number of aromatic hydroxyl groups is 1. The molecule has 1 atom stereocenters. The highest BCUT2D eigenvalue weighted by atomic mass is 32.2. The minimum Gasteiger partial charge on any atom is -0.508 e. The smallest absolute Gasteiger partial charge is 0.336 e. The van der Waals surface area contributed by atoms with E-state index < -0.39 is 17.1 Å². The van der Waals surface area contributed by atoms with Gasteiger partial charge in [-0.05, 0) is 36.4 Å². The van der Waals surface area contributed by atoms with Crippen molar-refractivity contribution in [1.29, 1.82) is 0 Å². The SMILES string of the molecule is O=C(O)c1ccccc1S[C@H]1CC(=O)N(c2ccc(O)cc2)C1=O. The molecular weight excluding hydrogens is 330 g/mol. The number of carboxylic acids is 1. The predicted molar refractivity (Wildman–Crippen MR) is 88.3 cm³/mol. The zero-order valence-corrected chi connectivity index (χ0v) is 13.2. The van der Waals surface area contributed by atoms with Crippen LogP contribution < -0.4 is 4.90 Å². The third kappa shape index (κ3) is 2.98. The molecule has 0 radical (unpaired) electrons. The number of hydrogen-bond acceptors (Lipinski definition) is 5. The van der Waals surface area contributed by atoms with Crippen LogP contribution in [-0.2, 0) is 9.59 Å². The second-order valence-electron chi connectivity index (χ2n) is 5.20. The van der Waals surface area contributed by atoms with Crippen LogP contribution in [0.4, 0.5) is 5.69 Å². The second-order valence-corrected chi connectivity index (χ2v) is 6.44. The fourth-order valence-electron chi connectivity index (χ4n) is 2.47. The number of benzene rings is 2. The van der Waals surface area contributed by atoms with Crippen molar-refractivity contribution in [2.75, 3.05) is 4.90 Å². The van der Waals surface area contributed by atoms with Crippen molar-refractivity contribution < 1.29 is 24.6 Å². The first-order chi connectivity index (χ1) is 11.5. The van der Waals surface area contributed by atoms with Gasteiger partial charge in [-0.2, -0.15) is 0 Å². The minimum absolute atomic E-state index is 0.00166.